The van der Waals surface area contributed by atoms with Crippen molar-refractivity contribution < 1.29 is 4.79 Å². The Kier molecular flexibility index (Phi) is 2.94. The molecule has 0 bridgehead atoms. The van der Waals surface area contributed by atoms with Gasteiger partial charge < -0.3 is 10.2 Å². The van der Waals surface area contributed by atoms with Crippen molar-refractivity contribution in [3.05, 3.63) is 0 Å². The molecule has 0 aromatic carbocycles. The van der Waals surface area contributed by atoms with E-state index in [1.165, 1.54) is 44.9 Å². The Morgan fingerprint density at radius 1 is 1.14 bits per heavy atom. The molecular weight excluding hydrogens is 176 g/mol. The highest BCUT2D eigenvalue weighted by Gasteiger charge is 2.27. The van der Waals surface area contributed by atoms with Crippen molar-refractivity contribution in [3.8, 4) is 0 Å². The van der Waals surface area contributed by atoms with Crippen LogP contribution >= 0.6 is 0 Å². The number of hydrogen-bond donors (Lipinski definition) is 1. The minimum atomic E-state index is 0.138. The second-order valence-corrected chi connectivity index (χ2v) is 4.63. The molecular formula is C11H20N2O. The Balaban J connectivity index is 1.78. The predicted molar refractivity (Wildman–Crippen MR) is 56.2 cm³/mol. The van der Waals surface area contributed by atoms with Crippen LogP contribution in [0, 0.1) is 0 Å². The molecule has 0 spiro atoms. The number of nitrogens with one attached hydrogen (secondary N) is 1. The lowest BCUT2D eigenvalue weighted by Crippen LogP contribution is -2.45. The maximum absolute atomic E-state index is 11.7. The quantitative estimate of drug-likeness (QED) is 0.721. The Labute approximate surface area is 85.8 Å². The van der Waals surface area contributed by atoms with Crippen LogP contribution in [-0.4, -0.2) is 30.1 Å². The number of urea groups is 1. The molecule has 0 saturated heterocycles. The molecule has 1 N–H and O–H groups in total. The summed E-state index contributed by atoms with van der Waals surface area (Å²) in [4.78, 5) is 13.6. The van der Waals surface area contributed by atoms with Crippen LogP contribution in [0.15, 0.2) is 0 Å². The summed E-state index contributed by atoms with van der Waals surface area (Å²) in [6.45, 7) is 0. The van der Waals surface area contributed by atoms with Gasteiger partial charge in [-0.05, 0) is 25.7 Å². The summed E-state index contributed by atoms with van der Waals surface area (Å²) < 4.78 is 0. The number of carbonyl (C=O) groups is 1. The number of carbonyl (C=O) groups excluding carboxylic acids is 1. The summed E-state index contributed by atoms with van der Waals surface area (Å²) >= 11 is 0. The third kappa shape index (κ3) is 2.40. The van der Waals surface area contributed by atoms with Gasteiger partial charge >= 0.3 is 6.03 Å². The molecule has 80 valence electrons. The second-order valence-electron chi connectivity index (χ2n) is 4.63. The van der Waals surface area contributed by atoms with Crippen molar-refractivity contribution in [3.63, 3.8) is 0 Å². The first kappa shape index (κ1) is 9.81. The van der Waals surface area contributed by atoms with Gasteiger partial charge in [-0.3, -0.25) is 0 Å². The number of nitrogens with zero attached hydrogens (tertiary/aromatic N) is 1. The molecule has 2 aliphatic carbocycles. The van der Waals surface area contributed by atoms with E-state index in [1.54, 1.807) is 0 Å². The Bertz CT molecular complexity index is 207. The van der Waals surface area contributed by atoms with Crippen LogP contribution < -0.4 is 5.32 Å². The smallest absolute Gasteiger partial charge is 0.317 e. The first-order chi connectivity index (χ1) is 6.77. The fourth-order valence-corrected chi connectivity index (χ4v) is 2.14. The minimum Gasteiger partial charge on any atom is -0.335 e. The van der Waals surface area contributed by atoms with Crippen LogP contribution in [0.2, 0.25) is 0 Å². The van der Waals surface area contributed by atoms with Crippen LogP contribution in [0.25, 0.3) is 0 Å². The van der Waals surface area contributed by atoms with Gasteiger partial charge in [-0.15, -0.1) is 0 Å². The molecule has 0 atom stereocenters. The molecule has 0 aromatic rings. The van der Waals surface area contributed by atoms with Crippen molar-refractivity contribution in [2.24, 2.45) is 0 Å². The topological polar surface area (TPSA) is 32.3 Å². The molecule has 2 amide bonds. The average Bonchev–Trinajstić information content (AvgIpc) is 3.02. The van der Waals surface area contributed by atoms with Gasteiger partial charge in [-0.25, -0.2) is 4.79 Å². The third-order valence-electron chi connectivity index (χ3n) is 3.35. The molecule has 0 unspecified atom stereocenters. The van der Waals surface area contributed by atoms with E-state index in [0.29, 0.717) is 12.1 Å². The zero-order valence-corrected chi connectivity index (χ0v) is 8.96. The molecule has 3 heteroatoms. The van der Waals surface area contributed by atoms with E-state index in [1.807, 2.05) is 11.9 Å². The fraction of sp³-hybridized carbons (Fsp3) is 0.909. The highest BCUT2D eigenvalue weighted by Crippen LogP contribution is 2.23. The van der Waals surface area contributed by atoms with Crippen LogP contribution in [-0.2, 0) is 0 Å². The summed E-state index contributed by atoms with van der Waals surface area (Å²) in [5.41, 5.74) is 0. The minimum absolute atomic E-state index is 0.138. The summed E-state index contributed by atoms with van der Waals surface area (Å²) in [5, 5.41) is 3.04. The van der Waals surface area contributed by atoms with Crippen molar-refractivity contribution in [2.75, 3.05) is 7.05 Å². The molecule has 0 aromatic heterocycles. The lowest BCUT2D eigenvalue weighted by atomic mass is 9.95. The summed E-state index contributed by atoms with van der Waals surface area (Å²) in [7, 11) is 1.94. The predicted octanol–water partition coefficient (Wildman–Crippen LogP) is 2.12. The molecule has 0 aliphatic heterocycles. The molecule has 2 saturated carbocycles. The Morgan fingerprint density at radius 2 is 1.79 bits per heavy atom. The maximum Gasteiger partial charge on any atom is 0.317 e. The lowest BCUT2D eigenvalue weighted by molar-refractivity contribution is 0.173. The van der Waals surface area contributed by atoms with Gasteiger partial charge in [0.2, 0.25) is 0 Å². The fourth-order valence-electron chi connectivity index (χ4n) is 2.14. The van der Waals surface area contributed by atoms with E-state index in [0.717, 1.165) is 0 Å². The Hall–Kier alpha value is -0.730. The summed E-state index contributed by atoms with van der Waals surface area (Å²) in [6, 6.07) is 1.11. The number of hydrogen-bond acceptors (Lipinski definition) is 1. The Morgan fingerprint density at radius 3 is 2.36 bits per heavy atom. The van der Waals surface area contributed by atoms with Gasteiger partial charge in [0.15, 0.2) is 0 Å². The normalized spacial score (nSPS) is 23.2. The van der Waals surface area contributed by atoms with Gasteiger partial charge in [0, 0.05) is 19.1 Å². The SMILES string of the molecule is CN(C(=O)NC1CC1)C1CCCCC1. The zero-order chi connectivity index (χ0) is 9.97. The zero-order valence-electron chi connectivity index (χ0n) is 8.96. The highest BCUT2D eigenvalue weighted by atomic mass is 16.2. The van der Waals surface area contributed by atoms with E-state index in [9.17, 15) is 4.79 Å². The van der Waals surface area contributed by atoms with Crippen molar-refractivity contribution in [1.29, 1.82) is 0 Å². The molecule has 2 aliphatic rings. The summed E-state index contributed by atoms with van der Waals surface area (Å²) in [6.07, 6.45) is 8.63. The van der Waals surface area contributed by atoms with Gasteiger partial charge in [0.05, 0.1) is 0 Å². The van der Waals surface area contributed by atoms with E-state index in [4.69, 9.17) is 0 Å². The average molecular weight is 196 g/mol. The standard InChI is InChI=1S/C11H20N2O/c1-13(10-5-3-2-4-6-10)11(14)12-9-7-8-9/h9-10H,2-8H2,1H3,(H,12,14). The third-order valence-corrected chi connectivity index (χ3v) is 3.35. The largest absolute Gasteiger partial charge is 0.335 e. The first-order valence-corrected chi connectivity index (χ1v) is 5.80. The molecule has 0 heterocycles. The van der Waals surface area contributed by atoms with Crippen LogP contribution in [0.3, 0.4) is 0 Å². The van der Waals surface area contributed by atoms with E-state index < -0.39 is 0 Å². The lowest BCUT2D eigenvalue weighted by Gasteiger charge is -2.31. The number of amides is 2. The van der Waals surface area contributed by atoms with Gasteiger partial charge in [-0.2, -0.15) is 0 Å². The van der Waals surface area contributed by atoms with Crippen molar-refractivity contribution in [1.82, 2.24) is 10.2 Å². The van der Waals surface area contributed by atoms with Crippen LogP contribution in [0.5, 0.6) is 0 Å². The van der Waals surface area contributed by atoms with E-state index in [-0.39, 0.29) is 6.03 Å². The molecule has 2 rings (SSSR count). The van der Waals surface area contributed by atoms with Crippen molar-refractivity contribution in [2.45, 2.75) is 57.0 Å². The molecule has 14 heavy (non-hydrogen) atoms. The van der Waals surface area contributed by atoms with Crippen molar-refractivity contribution >= 4 is 6.03 Å². The molecule has 2 fully saturated rings. The van der Waals surface area contributed by atoms with Crippen LogP contribution in [0.4, 0.5) is 4.79 Å². The van der Waals surface area contributed by atoms with Crippen LogP contribution in [0.1, 0.15) is 44.9 Å². The number of rotatable bonds is 2. The highest BCUT2D eigenvalue weighted by molar-refractivity contribution is 5.74. The van der Waals surface area contributed by atoms with Gasteiger partial charge in [-0.1, -0.05) is 19.3 Å². The maximum atomic E-state index is 11.7. The van der Waals surface area contributed by atoms with E-state index >= 15 is 0 Å². The summed E-state index contributed by atoms with van der Waals surface area (Å²) in [5.74, 6) is 0. The second kappa shape index (κ2) is 4.20. The van der Waals surface area contributed by atoms with Gasteiger partial charge in [0.1, 0.15) is 0 Å². The van der Waals surface area contributed by atoms with E-state index in [2.05, 4.69) is 5.32 Å². The van der Waals surface area contributed by atoms with Gasteiger partial charge in [0.25, 0.3) is 0 Å². The monoisotopic (exact) mass is 196 g/mol. The first-order valence-electron chi connectivity index (χ1n) is 5.80. The molecule has 3 nitrogen and oxygen atoms in total. The molecule has 0 radical (unpaired) electrons.